The fourth-order valence-corrected chi connectivity index (χ4v) is 4.19. The molecule has 1 amide bonds. The van der Waals surface area contributed by atoms with Gasteiger partial charge in [0.05, 0.1) is 43.1 Å². The van der Waals surface area contributed by atoms with Gasteiger partial charge in [-0.15, -0.1) is 0 Å². The molecule has 0 heterocycles. The molecule has 0 bridgehead atoms. The van der Waals surface area contributed by atoms with Gasteiger partial charge in [0, 0.05) is 10.9 Å². The Morgan fingerprint density at radius 2 is 1.65 bits per heavy atom. The number of nitriles is 1. The van der Waals surface area contributed by atoms with E-state index < -0.39 is 17.9 Å². The number of methoxy groups -OCH3 is 2. The molecule has 0 radical (unpaired) electrons. The molecule has 3 rings (SSSR count). The van der Waals surface area contributed by atoms with Gasteiger partial charge in [0.1, 0.15) is 23.3 Å². The Balaban J connectivity index is 1.82. The molecule has 0 unspecified atom stereocenters. The van der Waals surface area contributed by atoms with E-state index in [1.54, 1.807) is 42.5 Å². The molecule has 37 heavy (non-hydrogen) atoms. The van der Waals surface area contributed by atoms with Gasteiger partial charge in [0.25, 0.3) is 5.91 Å². The molecule has 9 heteroatoms. The van der Waals surface area contributed by atoms with Crippen LogP contribution in [-0.2, 0) is 11.2 Å². The van der Waals surface area contributed by atoms with Gasteiger partial charge in [-0.1, -0.05) is 24.3 Å². The van der Waals surface area contributed by atoms with Crippen LogP contribution in [0.4, 0.5) is 0 Å². The van der Waals surface area contributed by atoms with Crippen LogP contribution in [0, 0.1) is 11.3 Å². The number of amides is 1. The van der Waals surface area contributed by atoms with Crippen molar-refractivity contribution in [3.8, 4) is 34.4 Å². The number of rotatable bonds is 10. The van der Waals surface area contributed by atoms with Crippen molar-refractivity contribution in [1.29, 1.82) is 5.26 Å². The molecule has 0 saturated carbocycles. The zero-order valence-electron chi connectivity index (χ0n) is 20.9. The summed E-state index contributed by atoms with van der Waals surface area (Å²) >= 11 is 3.35. The Labute approximate surface area is 223 Å². The van der Waals surface area contributed by atoms with E-state index in [-0.39, 0.29) is 18.1 Å². The average molecular weight is 567 g/mol. The molecule has 0 aliphatic heterocycles. The SMILES string of the molecule is COc1cc(C#N)cc(OC)c1-c1ccc(C[C@H](NC(=O)c2cc(OC(C)C)ccc2Br)C(=O)O)cc1. The van der Waals surface area contributed by atoms with E-state index in [0.29, 0.717) is 38.4 Å². The Kier molecular flexibility index (Phi) is 9.15. The lowest BCUT2D eigenvalue weighted by atomic mass is 9.98. The van der Waals surface area contributed by atoms with E-state index in [2.05, 4.69) is 27.3 Å². The van der Waals surface area contributed by atoms with Gasteiger partial charge in [-0.25, -0.2) is 4.79 Å². The number of nitrogens with one attached hydrogen (secondary N) is 1. The van der Waals surface area contributed by atoms with Gasteiger partial charge in [0.15, 0.2) is 0 Å². The van der Waals surface area contributed by atoms with Gasteiger partial charge in [0.2, 0.25) is 0 Å². The number of ether oxygens (including phenoxy) is 3. The second kappa shape index (κ2) is 12.3. The van der Waals surface area contributed by atoms with Crippen LogP contribution >= 0.6 is 15.9 Å². The number of halogens is 1. The molecular formula is C28H27BrN2O6. The predicted molar refractivity (Wildman–Crippen MR) is 142 cm³/mol. The van der Waals surface area contributed by atoms with Crippen molar-refractivity contribution in [1.82, 2.24) is 5.32 Å². The first-order chi connectivity index (χ1) is 17.7. The molecule has 192 valence electrons. The zero-order chi connectivity index (χ0) is 27.1. The molecule has 0 fully saturated rings. The summed E-state index contributed by atoms with van der Waals surface area (Å²) in [6.07, 6.45) is -0.000888. The molecule has 8 nitrogen and oxygen atoms in total. The lowest BCUT2D eigenvalue weighted by Crippen LogP contribution is -2.42. The molecule has 3 aromatic carbocycles. The summed E-state index contributed by atoms with van der Waals surface area (Å²) in [5, 5.41) is 21.6. The quantitative estimate of drug-likeness (QED) is 0.345. The molecule has 0 saturated heterocycles. The van der Waals surface area contributed by atoms with Crippen LogP contribution in [-0.4, -0.2) is 43.3 Å². The summed E-state index contributed by atoms with van der Waals surface area (Å²) in [7, 11) is 3.02. The van der Waals surface area contributed by atoms with E-state index in [1.807, 2.05) is 26.0 Å². The fourth-order valence-electron chi connectivity index (χ4n) is 3.76. The molecule has 3 aromatic rings. The Hall–Kier alpha value is -4.03. The number of benzene rings is 3. The topological polar surface area (TPSA) is 118 Å². The lowest BCUT2D eigenvalue weighted by Gasteiger charge is -2.17. The highest BCUT2D eigenvalue weighted by atomic mass is 79.9. The van der Waals surface area contributed by atoms with Gasteiger partial charge in [-0.3, -0.25) is 4.79 Å². The van der Waals surface area contributed by atoms with E-state index in [1.165, 1.54) is 14.2 Å². The maximum absolute atomic E-state index is 12.9. The highest BCUT2D eigenvalue weighted by Gasteiger charge is 2.23. The molecule has 0 aliphatic rings. The van der Waals surface area contributed by atoms with Crippen LogP contribution < -0.4 is 19.5 Å². The second-order valence-electron chi connectivity index (χ2n) is 8.44. The minimum Gasteiger partial charge on any atom is -0.496 e. The van der Waals surface area contributed by atoms with Gasteiger partial charge in [-0.2, -0.15) is 5.26 Å². The molecular weight excluding hydrogens is 540 g/mol. The molecule has 1 atom stereocenters. The summed E-state index contributed by atoms with van der Waals surface area (Å²) in [5.41, 5.74) is 2.83. The van der Waals surface area contributed by atoms with Gasteiger partial charge < -0.3 is 24.6 Å². The van der Waals surface area contributed by atoms with Crippen LogP contribution in [0.1, 0.15) is 35.3 Å². The number of hydrogen-bond donors (Lipinski definition) is 2. The first-order valence-electron chi connectivity index (χ1n) is 11.4. The third-order valence-electron chi connectivity index (χ3n) is 5.48. The largest absolute Gasteiger partial charge is 0.496 e. The first-order valence-corrected chi connectivity index (χ1v) is 12.2. The third-order valence-corrected chi connectivity index (χ3v) is 6.17. The minimum absolute atomic E-state index is 0.0722. The van der Waals surface area contributed by atoms with Crippen LogP contribution in [0.5, 0.6) is 17.2 Å². The number of hydrogen-bond acceptors (Lipinski definition) is 6. The Morgan fingerprint density at radius 1 is 1.03 bits per heavy atom. The van der Waals surface area contributed by atoms with E-state index >= 15 is 0 Å². The van der Waals surface area contributed by atoms with Crippen LogP contribution in [0.25, 0.3) is 11.1 Å². The average Bonchev–Trinajstić information content (AvgIpc) is 2.88. The maximum atomic E-state index is 12.9. The zero-order valence-corrected chi connectivity index (χ0v) is 22.5. The van der Waals surface area contributed by atoms with Crippen molar-refractivity contribution in [2.45, 2.75) is 32.4 Å². The van der Waals surface area contributed by atoms with Gasteiger partial charge in [-0.05, 0) is 71.2 Å². The number of carbonyl (C=O) groups excluding carboxylic acids is 1. The molecule has 2 N–H and O–H groups in total. The fraction of sp³-hybridized carbons (Fsp3) is 0.250. The van der Waals surface area contributed by atoms with Crippen LogP contribution in [0.15, 0.2) is 59.1 Å². The number of carboxylic acid groups (broad SMARTS) is 1. The summed E-state index contributed by atoms with van der Waals surface area (Å²) in [6, 6.07) is 16.4. The highest BCUT2D eigenvalue weighted by Crippen LogP contribution is 2.39. The maximum Gasteiger partial charge on any atom is 0.326 e. The standard InChI is InChI=1S/C28H27BrN2O6/c1-16(2)37-20-9-10-22(29)21(14-20)27(32)31-23(28(33)34)11-17-5-7-19(8-6-17)26-24(35-3)12-18(15-30)13-25(26)36-4/h5-10,12-14,16,23H,11H2,1-4H3,(H,31,32)(H,33,34)/t23-/m0/s1. The van der Waals surface area contributed by atoms with Gasteiger partial charge >= 0.3 is 5.97 Å². The normalized spacial score (nSPS) is 11.4. The highest BCUT2D eigenvalue weighted by molar-refractivity contribution is 9.10. The smallest absolute Gasteiger partial charge is 0.326 e. The van der Waals surface area contributed by atoms with Crippen molar-refractivity contribution in [2.75, 3.05) is 14.2 Å². The number of nitrogens with zero attached hydrogens (tertiary/aromatic N) is 1. The predicted octanol–water partition coefficient (Wildman–Crippen LogP) is 5.22. The van der Waals surface area contributed by atoms with E-state index in [9.17, 15) is 20.0 Å². The monoisotopic (exact) mass is 566 g/mol. The van der Waals surface area contributed by atoms with E-state index in [4.69, 9.17) is 14.2 Å². The number of carbonyl (C=O) groups is 2. The second-order valence-corrected chi connectivity index (χ2v) is 9.30. The summed E-state index contributed by atoms with van der Waals surface area (Å²) < 4.78 is 17.1. The van der Waals surface area contributed by atoms with Crippen molar-refractivity contribution in [2.24, 2.45) is 0 Å². The molecule has 0 spiro atoms. The van der Waals surface area contributed by atoms with E-state index in [0.717, 1.165) is 5.56 Å². The molecule has 0 aromatic heterocycles. The van der Waals surface area contributed by atoms with Crippen molar-refractivity contribution in [3.05, 3.63) is 75.8 Å². The minimum atomic E-state index is -1.15. The Bertz CT molecular complexity index is 1310. The lowest BCUT2D eigenvalue weighted by molar-refractivity contribution is -0.139. The first kappa shape index (κ1) is 27.6. The molecule has 0 aliphatic carbocycles. The van der Waals surface area contributed by atoms with Crippen molar-refractivity contribution < 1.29 is 28.9 Å². The summed E-state index contributed by atoms with van der Waals surface area (Å²) in [6.45, 7) is 3.75. The van der Waals surface area contributed by atoms with Crippen molar-refractivity contribution >= 4 is 27.8 Å². The summed E-state index contributed by atoms with van der Waals surface area (Å²) in [5.74, 6) is -0.211. The number of aliphatic carboxylic acids is 1. The van der Waals surface area contributed by atoms with Crippen LogP contribution in [0.3, 0.4) is 0 Å². The van der Waals surface area contributed by atoms with Crippen LogP contribution in [0.2, 0.25) is 0 Å². The summed E-state index contributed by atoms with van der Waals surface area (Å²) in [4.78, 5) is 24.9. The Morgan fingerprint density at radius 3 is 2.16 bits per heavy atom. The van der Waals surface area contributed by atoms with Crippen molar-refractivity contribution in [3.63, 3.8) is 0 Å². The number of carboxylic acids is 1. The third kappa shape index (κ3) is 6.80.